The van der Waals surface area contributed by atoms with Crippen LogP contribution in [-0.4, -0.2) is 19.0 Å². The van der Waals surface area contributed by atoms with Gasteiger partial charge in [0.1, 0.15) is 0 Å². The van der Waals surface area contributed by atoms with E-state index in [0.717, 1.165) is 35.7 Å². The number of ketones is 1. The Bertz CT molecular complexity index is 525. The topological polar surface area (TPSA) is 26.3 Å². The molecule has 0 N–H and O–H groups in total. The van der Waals surface area contributed by atoms with Crippen LogP contribution in [0.5, 0.6) is 0 Å². The maximum Gasteiger partial charge on any atom is 0.169 e. The first-order chi connectivity index (χ1) is 9.05. The van der Waals surface area contributed by atoms with Crippen molar-refractivity contribution in [1.29, 1.82) is 0 Å². The van der Waals surface area contributed by atoms with Crippen molar-refractivity contribution in [1.82, 2.24) is 0 Å². The highest BCUT2D eigenvalue weighted by Crippen LogP contribution is 2.49. The molecule has 0 radical (unpaired) electrons. The summed E-state index contributed by atoms with van der Waals surface area (Å²) in [5.74, 6) is 0.811. The molecule has 1 saturated carbocycles. The molecule has 3 heteroatoms. The predicted octanol–water partition coefficient (Wildman–Crippen LogP) is 4.01. The van der Waals surface area contributed by atoms with E-state index in [-0.39, 0.29) is 5.41 Å². The largest absolute Gasteiger partial charge is 0.381 e. The van der Waals surface area contributed by atoms with Gasteiger partial charge in [0.15, 0.2) is 5.78 Å². The number of benzene rings is 1. The second-order valence-electron chi connectivity index (χ2n) is 6.08. The Morgan fingerprint density at radius 3 is 2.89 bits per heavy atom. The van der Waals surface area contributed by atoms with Crippen LogP contribution < -0.4 is 0 Å². The second-order valence-corrected chi connectivity index (χ2v) is 7.00. The molecule has 102 valence electrons. The summed E-state index contributed by atoms with van der Waals surface area (Å²) in [4.78, 5) is 12.8. The molecule has 2 aliphatic rings. The number of carbonyl (C=O) groups is 1. The Balaban J connectivity index is 1.91. The van der Waals surface area contributed by atoms with E-state index < -0.39 is 0 Å². The van der Waals surface area contributed by atoms with Crippen LogP contribution >= 0.6 is 15.9 Å². The fourth-order valence-electron chi connectivity index (χ4n) is 3.91. The summed E-state index contributed by atoms with van der Waals surface area (Å²) >= 11 is 3.47. The molecule has 0 heterocycles. The molecule has 1 aromatic rings. The van der Waals surface area contributed by atoms with Gasteiger partial charge in [-0.1, -0.05) is 28.9 Å². The summed E-state index contributed by atoms with van der Waals surface area (Å²) < 4.78 is 6.51. The summed E-state index contributed by atoms with van der Waals surface area (Å²) in [7, 11) is 1.78. The van der Waals surface area contributed by atoms with Crippen LogP contribution in [-0.2, 0) is 11.2 Å². The van der Waals surface area contributed by atoms with Crippen LogP contribution in [0.1, 0.15) is 42.1 Å². The number of methoxy groups -OCH3 is 1. The maximum absolute atomic E-state index is 12.8. The molecule has 1 spiro atoms. The van der Waals surface area contributed by atoms with Crippen molar-refractivity contribution >= 4 is 21.7 Å². The van der Waals surface area contributed by atoms with Crippen molar-refractivity contribution in [2.45, 2.75) is 38.7 Å². The van der Waals surface area contributed by atoms with Gasteiger partial charge in [-0.3, -0.25) is 4.79 Å². The third-order valence-electron chi connectivity index (χ3n) is 4.88. The Kier molecular flexibility index (Phi) is 3.30. The van der Waals surface area contributed by atoms with Crippen molar-refractivity contribution in [3.8, 4) is 0 Å². The number of rotatable bonds is 1. The normalized spacial score (nSPS) is 33.7. The molecule has 3 rings (SSSR count). The van der Waals surface area contributed by atoms with Gasteiger partial charge in [-0.15, -0.1) is 0 Å². The van der Waals surface area contributed by atoms with Crippen molar-refractivity contribution in [2.75, 3.05) is 7.11 Å². The molecule has 0 aromatic heterocycles. The fourth-order valence-corrected chi connectivity index (χ4v) is 4.28. The van der Waals surface area contributed by atoms with E-state index in [2.05, 4.69) is 28.9 Å². The molecule has 0 bridgehead atoms. The third-order valence-corrected chi connectivity index (χ3v) is 5.38. The highest BCUT2D eigenvalue weighted by atomic mass is 79.9. The first kappa shape index (κ1) is 13.3. The minimum atomic E-state index is -0.155. The Labute approximate surface area is 122 Å². The zero-order valence-corrected chi connectivity index (χ0v) is 13.0. The standard InChI is InChI=1S/C16H19BrO2/c1-10-8-16(6-5-14(10)19-2)9-11-3-4-12(17)7-13(11)15(16)18/h3-4,7,10,14H,5-6,8-9H2,1-2H3. The van der Waals surface area contributed by atoms with Gasteiger partial charge in [-0.25, -0.2) is 0 Å². The minimum Gasteiger partial charge on any atom is -0.381 e. The predicted molar refractivity (Wildman–Crippen MR) is 78.4 cm³/mol. The average Bonchev–Trinajstić information content (AvgIpc) is 2.64. The Morgan fingerprint density at radius 1 is 1.42 bits per heavy atom. The molecule has 0 amide bonds. The number of halogens is 1. The van der Waals surface area contributed by atoms with E-state index in [0.29, 0.717) is 17.8 Å². The van der Waals surface area contributed by atoms with Crippen LogP contribution in [0.3, 0.4) is 0 Å². The molecule has 3 atom stereocenters. The van der Waals surface area contributed by atoms with E-state index >= 15 is 0 Å². The number of hydrogen-bond acceptors (Lipinski definition) is 2. The summed E-state index contributed by atoms with van der Waals surface area (Å²) in [5.41, 5.74) is 1.99. The van der Waals surface area contributed by atoms with Crippen LogP contribution in [0.4, 0.5) is 0 Å². The molecule has 2 aliphatic carbocycles. The molecule has 1 aromatic carbocycles. The van der Waals surface area contributed by atoms with Crippen LogP contribution in [0.25, 0.3) is 0 Å². The van der Waals surface area contributed by atoms with Gasteiger partial charge in [0, 0.05) is 22.6 Å². The number of hydrogen-bond donors (Lipinski definition) is 0. The number of fused-ring (bicyclic) bond motifs is 1. The van der Waals surface area contributed by atoms with Crippen LogP contribution in [0.2, 0.25) is 0 Å². The summed E-state index contributed by atoms with van der Waals surface area (Å²) in [6.45, 7) is 2.21. The zero-order valence-electron chi connectivity index (χ0n) is 11.4. The lowest BCUT2D eigenvalue weighted by molar-refractivity contribution is -0.00679. The van der Waals surface area contributed by atoms with Crippen molar-refractivity contribution in [3.63, 3.8) is 0 Å². The van der Waals surface area contributed by atoms with Gasteiger partial charge in [-0.05, 0) is 49.3 Å². The number of Topliss-reactive ketones (excluding diaryl/α,β-unsaturated/α-hetero) is 1. The van der Waals surface area contributed by atoms with Gasteiger partial charge in [0.2, 0.25) is 0 Å². The van der Waals surface area contributed by atoms with E-state index in [4.69, 9.17) is 4.74 Å². The maximum atomic E-state index is 12.8. The molecule has 2 nitrogen and oxygen atoms in total. The minimum absolute atomic E-state index is 0.155. The van der Waals surface area contributed by atoms with Gasteiger partial charge < -0.3 is 4.74 Å². The van der Waals surface area contributed by atoms with Crippen molar-refractivity contribution < 1.29 is 9.53 Å². The van der Waals surface area contributed by atoms with E-state index in [1.807, 2.05) is 12.1 Å². The molecular formula is C16H19BrO2. The number of carbonyl (C=O) groups excluding carboxylic acids is 1. The van der Waals surface area contributed by atoms with Gasteiger partial charge in [-0.2, -0.15) is 0 Å². The molecule has 19 heavy (non-hydrogen) atoms. The van der Waals surface area contributed by atoms with E-state index in [9.17, 15) is 4.79 Å². The van der Waals surface area contributed by atoms with E-state index in [1.54, 1.807) is 7.11 Å². The van der Waals surface area contributed by atoms with Gasteiger partial charge in [0.25, 0.3) is 0 Å². The van der Waals surface area contributed by atoms with Gasteiger partial charge >= 0.3 is 0 Å². The third kappa shape index (κ3) is 2.07. The molecule has 0 saturated heterocycles. The molecule has 1 fully saturated rings. The van der Waals surface area contributed by atoms with Crippen LogP contribution in [0.15, 0.2) is 22.7 Å². The number of ether oxygens (including phenoxy) is 1. The van der Waals surface area contributed by atoms with Crippen LogP contribution in [0, 0.1) is 11.3 Å². The molecule has 0 aliphatic heterocycles. The first-order valence-corrected chi connectivity index (χ1v) is 7.71. The summed E-state index contributed by atoms with van der Waals surface area (Å²) in [5, 5.41) is 0. The van der Waals surface area contributed by atoms with Gasteiger partial charge in [0.05, 0.1) is 6.10 Å². The summed E-state index contributed by atoms with van der Waals surface area (Å²) in [6, 6.07) is 6.12. The van der Waals surface area contributed by atoms with Crippen molar-refractivity contribution in [3.05, 3.63) is 33.8 Å². The average molecular weight is 323 g/mol. The van der Waals surface area contributed by atoms with Crippen molar-refractivity contribution in [2.24, 2.45) is 11.3 Å². The highest BCUT2D eigenvalue weighted by molar-refractivity contribution is 9.10. The molecular weight excluding hydrogens is 304 g/mol. The quantitative estimate of drug-likeness (QED) is 0.780. The first-order valence-electron chi connectivity index (χ1n) is 6.92. The fraction of sp³-hybridized carbons (Fsp3) is 0.562. The zero-order chi connectivity index (χ0) is 13.6. The Hall–Kier alpha value is -0.670. The smallest absolute Gasteiger partial charge is 0.169 e. The summed E-state index contributed by atoms with van der Waals surface area (Å²) in [6.07, 6.45) is 4.14. The monoisotopic (exact) mass is 322 g/mol. The lowest BCUT2D eigenvalue weighted by Crippen LogP contribution is -2.40. The SMILES string of the molecule is COC1CCC2(Cc3ccc(Br)cc3C2=O)CC1C. The highest BCUT2D eigenvalue weighted by Gasteiger charge is 2.49. The Morgan fingerprint density at radius 2 is 2.21 bits per heavy atom. The lowest BCUT2D eigenvalue weighted by Gasteiger charge is -2.39. The second kappa shape index (κ2) is 4.71. The molecule has 3 unspecified atom stereocenters. The lowest BCUT2D eigenvalue weighted by atomic mass is 9.66. The van der Waals surface area contributed by atoms with E-state index in [1.165, 1.54) is 5.56 Å².